The quantitative estimate of drug-likeness (QED) is 0.641. The van der Waals surface area contributed by atoms with E-state index in [-0.39, 0.29) is 0 Å². The number of hydrogen-bond donors (Lipinski definition) is 2. The van der Waals surface area contributed by atoms with Crippen LogP contribution in [0.25, 0.3) is 11.1 Å². The zero-order chi connectivity index (χ0) is 17.3. The van der Waals surface area contributed by atoms with Crippen LogP contribution in [-0.4, -0.2) is 22.2 Å². The van der Waals surface area contributed by atoms with Gasteiger partial charge in [-0.3, -0.25) is 0 Å². The number of nitrogens with zero attached hydrogens (tertiary/aromatic N) is 2. The number of nitrogens with two attached hydrogens (primary N) is 1. The molecule has 0 aromatic carbocycles. The summed E-state index contributed by atoms with van der Waals surface area (Å²) in [4.78, 5) is 8.57. The van der Waals surface area contributed by atoms with E-state index in [0.717, 1.165) is 16.3 Å². The van der Waals surface area contributed by atoms with Gasteiger partial charge in [0.25, 0.3) is 0 Å². The maximum absolute atomic E-state index is 13.4. The molecule has 0 bridgehead atoms. The predicted molar refractivity (Wildman–Crippen MR) is 95.4 cm³/mol. The molecule has 5 nitrogen and oxygen atoms in total. The van der Waals surface area contributed by atoms with Crippen molar-refractivity contribution in [2.75, 3.05) is 5.32 Å². The van der Waals surface area contributed by atoms with Gasteiger partial charge in [-0.2, -0.15) is 0 Å². The van der Waals surface area contributed by atoms with E-state index in [2.05, 4.69) is 15.3 Å². The molecule has 24 heavy (non-hydrogen) atoms. The average molecular weight is 369 g/mol. The molecule has 0 saturated heterocycles. The summed E-state index contributed by atoms with van der Waals surface area (Å²) in [5, 5.41) is 6.50. The van der Waals surface area contributed by atoms with E-state index in [1.807, 2.05) is 12.3 Å². The Morgan fingerprint density at radius 3 is 2.96 bits per heavy atom. The SMILES string of the molecule is Cc1c(C[C@@H](N)[C@H](C)F)oc2c(NCc3nccs3)cc(Cl)nc12. The van der Waals surface area contributed by atoms with Gasteiger partial charge in [0.15, 0.2) is 5.58 Å². The summed E-state index contributed by atoms with van der Waals surface area (Å²) >= 11 is 7.69. The van der Waals surface area contributed by atoms with E-state index in [9.17, 15) is 4.39 Å². The number of alkyl halides is 1. The predicted octanol–water partition coefficient (Wildman–Crippen LogP) is 4.09. The lowest BCUT2D eigenvalue weighted by Crippen LogP contribution is -2.31. The van der Waals surface area contributed by atoms with Crippen molar-refractivity contribution in [1.29, 1.82) is 0 Å². The van der Waals surface area contributed by atoms with Crippen molar-refractivity contribution in [2.24, 2.45) is 5.73 Å². The Bertz CT molecular complexity index is 834. The van der Waals surface area contributed by atoms with Gasteiger partial charge in [-0.15, -0.1) is 11.3 Å². The molecular formula is C16H18ClFN4OS. The number of rotatable bonds is 6. The lowest BCUT2D eigenvalue weighted by Gasteiger charge is -2.10. The molecule has 8 heteroatoms. The standard InChI is InChI=1S/C16H18ClFN4OS/c1-8-12(5-10(19)9(2)18)23-16-11(6-13(17)22-15(8)16)21-7-14-20-3-4-24-14/h3-4,6,9-10H,5,7,19H2,1-2H3,(H,21,22)/t9-,10+/m0/s1. The number of thiazole rings is 1. The molecule has 3 heterocycles. The van der Waals surface area contributed by atoms with Gasteiger partial charge < -0.3 is 15.5 Å². The highest BCUT2D eigenvalue weighted by molar-refractivity contribution is 7.09. The van der Waals surface area contributed by atoms with Gasteiger partial charge in [-0.1, -0.05) is 11.6 Å². The van der Waals surface area contributed by atoms with Gasteiger partial charge in [-0.05, 0) is 13.8 Å². The lowest BCUT2D eigenvalue weighted by molar-refractivity contribution is 0.295. The molecule has 0 spiro atoms. The summed E-state index contributed by atoms with van der Waals surface area (Å²) in [6.07, 6.45) is 0.950. The van der Waals surface area contributed by atoms with Crippen molar-refractivity contribution in [3.8, 4) is 0 Å². The Hall–Kier alpha value is -1.70. The summed E-state index contributed by atoms with van der Waals surface area (Å²) in [5.41, 5.74) is 8.66. The molecule has 0 saturated carbocycles. The Kier molecular flexibility index (Phi) is 5.03. The monoisotopic (exact) mass is 368 g/mol. The van der Waals surface area contributed by atoms with E-state index < -0.39 is 12.2 Å². The summed E-state index contributed by atoms with van der Waals surface area (Å²) in [7, 11) is 0. The van der Waals surface area contributed by atoms with Crippen molar-refractivity contribution in [3.05, 3.63) is 39.1 Å². The average Bonchev–Trinajstić information content (AvgIpc) is 3.15. The number of nitrogens with one attached hydrogen (secondary N) is 1. The number of anilines is 1. The summed E-state index contributed by atoms with van der Waals surface area (Å²) in [6.45, 7) is 3.88. The molecule has 3 N–H and O–H groups in total. The summed E-state index contributed by atoms with van der Waals surface area (Å²) in [6, 6.07) is 1.09. The zero-order valence-electron chi connectivity index (χ0n) is 13.3. The highest BCUT2D eigenvalue weighted by Gasteiger charge is 2.20. The highest BCUT2D eigenvalue weighted by atomic mass is 35.5. The Morgan fingerprint density at radius 1 is 1.50 bits per heavy atom. The molecule has 0 radical (unpaired) electrons. The third kappa shape index (κ3) is 3.53. The molecule has 0 aliphatic rings. The first-order valence-corrected chi connectivity index (χ1v) is 8.82. The third-order valence-corrected chi connectivity index (χ3v) is 4.84. The minimum absolute atomic E-state index is 0.309. The Balaban J connectivity index is 1.94. The maximum Gasteiger partial charge on any atom is 0.176 e. The minimum atomic E-state index is -1.11. The lowest BCUT2D eigenvalue weighted by atomic mass is 10.1. The number of pyridine rings is 1. The van der Waals surface area contributed by atoms with Crippen LogP contribution in [0.5, 0.6) is 0 Å². The van der Waals surface area contributed by atoms with Gasteiger partial charge >= 0.3 is 0 Å². The van der Waals surface area contributed by atoms with Crippen LogP contribution < -0.4 is 11.1 Å². The topological polar surface area (TPSA) is 77.0 Å². The first-order valence-electron chi connectivity index (χ1n) is 7.56. The van der Waals surface area contributed by atoms with E-state index in [1.54, 1.807) is 23.6 Å². The van der Waals surface area contributed by atoms with Gasteiger partial charge in [0.05, 0.1) is 12.2 Å². The molecule has 0 unspecified atom stereocenters. The first-order chi connectivity index (χ1) is 11.5. The molecule has 0 fully saturated rings. The number of aryl methyl sites for hydroxylation is 1. The first kappa shape index (κ1) is 17.1. The summed E-state index contributed by atoms with van der Waals surface area (Å²) in [5.74, 6) is 0.633. The van der Waals surface area contributed by atoms with E-state index in [0.29, 0.717) is 35.0 Å². The van der Waals surface area contributed by atoms with E-state index in [1.165, 1.54) is 6.92 Å². The molecular weight excluding hydrogens is 351 g/mol. The van der Waals surface area contributed by atoms with Gasteiger partial charge in [0.2, 0.25) is 0 Å². The molecule has 0 amide bonds. The van der Waals surface area contributed by atoms with Crippen LogP contribution in [0.2, 0.25) is 5.15 Å². The van der Waals surface area contributed by atoms with Crippen LogP contribution in [0.3, 0.4) is 0 Å². The van der Waals surface area contributed by atoms with Gasteiger partial charge in [0.1, 0.15) is 27.6 Å². The number of fused-ring (bicyclic) bond motifs is 1. The van der Waals surface area contributed by atoms with Crippen molar-refractivity contribution in [1.82, 2.24) is 9.97 Å². The second kappa shape index (κ2) is 7.04. The van der Waals surface area contributed by atoms with Crippen LogP contribution in [0.15, 0.2) is 22.1 Å². The van der Waals surface area contributed by atoms with Crippen LogP contribution in [0, 0.1) is 6.92 Å². The fourth-order valence-corrected chi connectivity index (χ4v) is 3.15. The number of hydrogen-bond acceptors (Lipinski definition) is 6. The van der Waals surface area contributed by atoms with Crippen molar-refractivity contribution in [3.63, 3.8) is 0 Å². The smallest absolute Gasteiger partial charge is 0.176 e. The molecule has 2 atom stereocenters. The number of furan rings is 1. The Labute approximate surface area is 148 Å². The number of halogens is 2. The molecule has 3 aromatic rings. The van der Waals surface area contributed by atoms with Gasteiger partial charge in [0, 0.05) is 35.7 Å². The normalized spacial score (nSPS) is 14.0. The van der Waals surface area contributed by atoms with Crippen LogP contribution in [-0.2, 0) is 13.0 Å². The molecule has 0 aliphatic carbocycles. The molecule has 3 rings (SSSR count). The second-order valence-electron chi connectivity index (χ2n) is 5.65. The maximum atomic E-state index is 13.4. The molecule has 0 aliphatic heterocycles. The van der Waals surface area contributed by atoms with Crippen molar-refractivity contribution in [2.45, 2.75) is 39.0 Å². The fraction of sp³-hybridized carbons (Fsp3) is 0.375. The van der Waals surface area contributed by atoms with Crippen molar-refractivity contribution >= 4 is 39.7 Å². The minimum Gasteiger partial charge on any atom is -0.457 e. The van der Waals surface area contributed by atoms with Crippen molar-refractivity contribution < 1.29 is 8.81 Å². The second-order valence-corrected chi connectivity index (χ2v) is 7.01. The Morgan fingerprint density at radius 2 is 2.29 bits per heavy atom. The summed E-state index contributed by atoms with van der Waals surface area (Å²) < 4.78 is 19.3. The van der Waals surface area contributed by atoms with E-state index in [4.69, 9.17) is 21.8 Å². The van der Waals surface area contributed by atoms with Crippen LogP contribution in [0.4, 0.5) is 10.1 Å². The fourth-order valence-electron chi connectivity index (χ4n) is 2.40. The van der Waals surface area contributed by atoms with E-state index >= 15 is 0 Å². The zero-order valence-corrected chi connectivity index (χ0v) is 14.9. The highest BCUT2D eigenvalue weighted by Crippen LogP contribution is 2.32. The third-order valence-electron chi connectivity index (χ3n) is 3.87. The molecule has 128 valence electrons. The van der Waals surface area contributed by atoms with Crippen LogP contribution >= 0.6 is 22.9 Å². The molecule has 3 aromatic heterocycles. The largest absolute Gasteiger partial charge is 0.457 e. The number of aromatic nitrogens is 2. The van der Waals surface area contributed by atoms with Gasteiger partial charge in [-0.25, -0.2) is 14.4 Å². The van der Waals surface area contributed by atoms with Crippen LogP contribution in [0.1, 0.15) is 23.3 Å².